The molecule has 26 heavy (non-hydrogen) atoms. The molecule has 0 bridgehead atoms. The standard InChI is InChI=1S/C18H14BrClN2O3S/c1-25-17-7-6-13(19)9-18(17)26(23,24)22-14-8-12(10-21-11-14)15-4-2-3-5-16(15)20/h2-11,22H,1H3. The van der Waals surface area contributed by atoms with E-state index in [-0.39, 0.29) is 10.6 Å². The lowest BCUT2D eigenvalue weighted by Crippen LogP contribution is -2.14. The summed E-state index contributed by atoms with van der Waals surface area (Å²) in [5, 5.41) is 0.558. The smallest absolute Gasteiger partial charge is 0.265 e. The monoisotopic (exact) mass is 452 g/mol. The van der Waals surface area contributed by atoms with E-state index in [4.69, 9.17) is 16.3 Å². The maximum atomic E-state index is 12.8. The maximum absolute atomic E-state index is 12.8. The normalized spacial score (nSPS) is 11.2. The minimum atomic E-state index is -3.87. The molecule has 0 aliphatic heterocycles. The third-order valence-corrected chi connectivity index (χ3v) is 5.82. The molecule has 134 valence electrons. The first-order chi connectivity index (χ1) is 12.4. The van der Waals surface area contributed by atoms with Gasteiger partial charge in [-0.3, -0.25) is 9.71 Å². The Balaban J connectivity index is 1.98. The Morgan fingerprint density at radius 3 is 2.62 bits per heavy atom. The van der Waals surface area contributed by atoms with Gasteiger partial charge in [-0.2, -0.15) is 0 Å². The molecule has 8 heteroatoms. The molecule has 1 N–H and O–H groups in total. The molecule has 0 aliphatic carbocycles. The second-order valence-electron chi connectivity index (χ2n) is 5.34. The SMILES string of the molecule is COc1ccc(Br)cc1S(=O)(=O)Nc1cncc(-c2ccccc2Cl)c1. The molecule has 5 nitrogen and oxygen atoms in total. The van der Waals surface area contributed by atoms with Crippen LogP contribution in [0.25, 0.3) is 11.1 Å². The van der Waals surface area contributed by atoms with Crippen molar-refractivity contribution < 1.29 is 13.2 Å². The number of nitrogens with zero attached hydrogens (tertiary/aromatic N) is 1. The van der Waals surface area contributed by atoms with E-state index < -0.39 is 10.0 Å². The van der Waals surface area contributed by atoms with Crippen molar-refractivity contribution in [3.63, 3.8) is 0 Å². The molecule has 3 rings (SSSR count). The van der Waals surface area contributed by atoms with Crippen LogP contribution in [0.5, 0.6) is 5.75 Å². The Morgan fingerprint density at radius 1 is 1.12 bits per heavy atom. The molecular formula is C18H14BrClN2O3S. The van der Waals surface area contributed by atoms with E-state index in [0.29, 0.717) is 20.7 Å². The molecule has 0 saturated carbocycles. The highest BCUT2D eigenvalue weighted by Crippen LogP contribution is 2.31. The maximum Gasteiger partial charge on any atom is 0.265 e. The summed E-state index contributed by atoms with van der Waals surface area (Å²) in [5.41, 5.74) is 1.80. The molecule has 0 saturated heterocycles. The lowest BCUT2D eigenvalue weighted by atomic mass is 10.1. The quantitative estimate of drug-likeness (QED) is 0.592. The van der Waals surface area contributed by atoms with Gasteiger partial charge in [-0.15, -0.1) is 0 Å². The topological polar surface area (TPSA) is 68.3 Å². The van der Waals surface area contributed by atoms with Crippen molar-refractivity contribution in [1.82, 2.24) is 4.98 Å². The summed E-state index contributed by atoms with van der Waals surface area (Å²) < 4.78 is 33.9. The highest BCUT2D eigenvalue weighted by atomic mass is 79.9. The number of aromatic nitrogens is 1. The van der Waals surface area contributed by atoms with Crippen LogP contribution in [-0.2, 0) is 10.0 Å². The molecule has 0 spiro atoms. The van der Waals surface area contributed by atoms with Crippen LogP contribution in [0.4, 0.5) is 5.69 Å². The lowest BCUT2D eigenvalue weighted by molar-refractivity contribution is 0.403. The van der Waals surface area contributed by atoms with Crippen molar-refractivity contribution in [1.29, 1.82) is 0 Å². The number of sulfonamides is 1. The summed E-state index contributed by atoms with van der Waals surface area (Å²) in [5.74, 6) is 0.246. The zero-order chi connectivity index (χ0) is 18.7. The third kappa shape index (κ3) is 4.00. The molecular weight excluding hydrogens is 440 g/mol. The van der Waals surface area contributed by atoms with Gasteiger partial charge in [0, 0.05) is 26.8 Å². The molecule has 0 radical (unpaired) electrons. The fraction of sp³-hybridized carbons (Fsp3) is 0.0556. The van der Waals surface area contributed by atoms with Gasteiger partial charge in [0.1, 0.15) is 10.6 Å². The van der Waals surface area contributed by atoms with E-state index >= 15 is 0 Å². The molecule has 0 atom stereocenters. The Morgan fingerprint density at radius 2 is 1.88 bits per heavy atom. The predicted octanol–water partition coefficient (Wildman–Crippen LogP) is 4.97. The molecule has 2 aromatic carbocycles. The second-order valence-corrected chi connectivity index (χ2v) is 8.32. The van der Waals surface area contributed by atoms with Crippen molar-refractivity contribution >= 4 is 43.2 Å². The molecule has 0 fully saturated rings. The number of pyridine rings is 1. The lowest BCUT2D eigenvalue weighted by Gasteiger charge is -2.13. The summed E-state index contributed by atoms with van der Waals surface area (Å²) in [6, 6.07) is 13.7. The van der Waals surface area contributed by atoms with Gasteiger partial charge < -0.3 is 4.74 Å². The number of ether oxygens (including phenoxy) is 1. The van der Waals surface area contributed by atoms with Crippen LogP contribution in [0.15, 0.2) is 70.3 Å². The molecule has 0 unspecified atom stereocenters. The number of nitrogens with one attached hydrogen (secondary N) is 1. The molecule has 0 aliphatic rings. The molecule has 1 heterocycles. The number of benzene rings is 2. The fourth-order valence-electron chi connectivity index (χ4n) is 2.41. The summed E-state index contributed by atoms with van der Waals surface area (Å²) in [7, 11) is -2.45. The number of methoxy groups -OCH3 is 1. The van der Waals surface area contributed by atoms with E-state index in [9.17, 15) is 8.42 Å². The number of anilines is 1. The van der Waals surface area contributed by atoms with E-state index in [1.165, 1.54) is 19.4 Å². The van der Waals surface area contributed by atoms with Crippen LogP contribution in [0.3, 0.4) is 0 Å². The van der Waals surface area contributed by atoms with Gasteiger partial charge in [0.05, 0.1) is 19.0 Å². The van der Waals surface area contributed by atoms with Crippen LogP contribution in [0.1, 0.15) is 0 Å². The summed E-state index contributed by atoms with van der Waals surface area (Å²) in [6.07, 6.45) is 3.06. The van der Waals surface area contributed by atoms with E-state index in [0.717, 1.165) is 5.56 Å². The molecule has 1 aromatic heterocycles. The number of hydrogen-bond donors (Lipinski definition) is 1. The first-order valence-corrected chi connectivity index (χ1v) is 10.1. The fourth-order valence-corrected chi connectivity index (χ4v) is 4.40. The number of hydrogen-bond acceptors (Lipinski definition) is 4. The zero-order valence-electron chi connectivity index (χ0n) is 13.6. The zero-order valence-corrected chi connectivity index (χ0v) is 16.8. The first kappa shape index (κ1) is 18.7. The van der Waals surface area contributed by atoms with Crippen molar-refractivity contribution in [3.8, 4) is 16.9 Å². The summed E-state index contributed by atoms with van der Waals surface area (Å²) in [6.45, 7) is 0. The predicted molar refractivity (Wildman–Crippen MR) is 106 cm³/mol. The largest absolute Gasteiger partial charge is 0.495 e. The highest BCUT2D eigenvalue weighted by molar-refractivity contribution is 9.10. The Kier molecular flexibility index (Phi) is 5.50. The molecule has 3 aromatic rings. The van der Waals surface area contributed by atoms with E-state index in [1.54, 1.807) is 30.5 Å². The van der Waals surface area contributed by atoms with Gasteiger partial charge in [0.2, 0.25) is 0 Å². The number of halogens is 2. The van der Waals surface area contributed by atoms with Crippen molar-refractivity contribution in [2.45, 2.75) is 4.90 Å². The van der Waals surface area contributed by atoms with Gasteiger partial charge in [0.25, 0.3) is 10.0 Å². The third-order valence-electron chi connectivity index (χ3n) is 3.59. The van der Waals surface area contributed by atoms with Gasteiger partial charge in [-0.1, -0.05) is 45.7 Å². The first-order valence-electron chi connectivity index (χ1n) is 7.47. The number of rotatable bonds is 5. The highest BCUT2D eigenvalue weighted by Gasteiger charge is 2.20. The van der Waals surface area contributed by atoms with Crippen LogP contribution in [-0.4, -0.2) is 20.5 Å². The Bertz CT molecular complexity index is 1060. The van der Waals surface area contributed by atoms with Gasteiger partial charge in [-0.05, 0) is 30.3 Å². The van der Waals surface area contributed by atoms with Gasteiger partial charge in [0.15, 0.2) is 0 Å². The van der Waals surface area contributed by atoms with Crippen molar-refractivity contribution in [2.75, 3.05) is 11.8 Å². The van der Waals surface area contributed by atoms with Gasteiger partial charge in [-0.25, -0.2) is 8.42 Å². The minimum absolute atomic E-state index is 0.0255. The van der Waals surface area contributed by atoms with Gasteiger partial charge >= 0.3 is 0 Å². The average molecular weight is 454 g/mol. The van der Waals surface area contributed by atoms with Crippen molar-refractivity contribution in [2.24, 2.45) is 0 Å². The Labute approximate surface area is 165 Å². The molecule has 0 amide bonds. The van der Waals surface area contributed by atoms with Crippen LogP contribution in [0, 0.1) is 0 Å². The Hall–Kier alpha value is -2.09. The second kappa shape index (κ2) is 7.65. The summed E-state index contributed by atoms with van der Waals surface area (Å²) >= 11 is 9.49. The van der Waals surface area contributed by atoms with Crippen LogP contribution >= 0.6 is 27.5 Å². The van der Waals surface area contributed by atoms with E-state index in [1.807, 2.05) is 18.2 Å². The van der Waals surface area contributed by atoms with Crippen LogP contribution in [0.2, 0.25) is 5.02 Å². The summed E-state index contributed by atoms with van der Waals surface area (Å²) in [4.78, 5) is 4.14. The van der Waals surface area contributed by atoms with Crippen molar-refractivity contribution in [3.05, 3.63) is 70.4 Å². The average Bonchev–Trinajstić information content (AvgIpc) is 2.62. The van der Waals surface area contributed by atoms with E-state index in [2.05, 4.69) is 25.6 Å². The minimum Gasteiger partial charge on any atom is -0.495 e. The van der Waals surface area contributed by atoms with Crippen LogP contribution < -0.4 is 9.46 Å².